The van der Waals surface area contributed by atoms with Crippen LogP contribution in [0.2, 0.25) is 5.02 Å². The summed E-state index contributed by atoms with van der Waals surface area (Å²) in [5.74, 6) is -0.0194. The summed E-state index contributed by atoms with van der Waals surface area (Å²) in [6.45, 7) is 0.235. The first-order valence-electron chi connectivity index (χ1n) is 5.74. The second-order valence-corrected chi connectivity index (χ2v) is 5.13. The van der Waals surface area contributed by atoms with Gasteiger partial charge < -0.3 is 10.4 Å². The SMILES string of the molecule is O=C(CSc1nnnn1CCO)Nc1cccc(Cl)c1. The summed E-state index contributed by atoms with van der Waals surface area (Å²) in [7, 11) is 0. The van der Waals surface area contributed by atoms with Crippen molar-refractivity contribution in [3.63, 3.8) is 0 Å². The zero-order valence-electron chi connectivity index (χ0n) is 10.4. The predicted octanol–water partition coefficient (Wildman–Crippen LogP) is 1.05. The number of anilines is 1. The molecule has 0 fully saturated rings. The fraction of sp³-hybridized carbons (Fsp3) is 0.273. The van der Waals surface area contributed by atoms with Crippen molar-refractivity contribution in [3.05, 3.63) is 29.3 Å². The molecule has 20 heavy (non-hydrogen) atoms. The first kappa shape index (κ1) is 14.8. The largest absolute Gasteiger partial charge is 0.394 e. The first-order chi connectivity index (χ1) is 9.69. The molecule has 9 heteroatoms. The molecule has 0 aliphatic carbocycles. The van der Waals surface area contributed by atoms with Gasteiger partial charge >= 0.3 is 0 Å². The predicted molar refractivity (Wildman–Crippen MR) is 75.7 cm³/mol. The van der Waals surface area contributed by atoms with Crippen molar-refractivity contribution in [3.8, 4) is 0 Å². The number of nitrogens with zero attached hydrogens (tertiary/aromatic N) is 4. The summed E-state index contributed by atoms with van der Waals surface area (Å²) < 4.78 is 1.44. The van der Waals surface area contributed by atoms with Gasteiger partial charge in [-0.25, -0.2) is 4.68 Å². The average molecular weight is 314 g/mol. The third-order valence-corrected chi connectivity index (χ3v) is 3.44. The van der Waals surface area contributed by atoms with Crippen molar-refractivity contribution < 1.29 is 9.90 Å². The number of aliphatic hydroxyl groups is 1. The molecule has 1 aromatic carbocycles. The van der Waals surface area contributed by atoms with Crippen molar-refractivity contribution in [2.75, 3.05) is 17.7 Å². The number of carbonyl (C=O) groups excluding carboxylic acids is 1. The van der Waals surface area contributed by atoms with Crippen LogP contribution in [0.4, 0.5) is 5.69 Å². The number of nitrogens with one attached hydrogen (secondary N) is 1. The monoisotopic (exact) mass is 313 g/mol. The molecule has 0 aliphatic heterocycles. The van der Waals surface area contributed by atoms with Gasteiger partial charge in [0.25, 0.3) is 0 Å². The van der Waals surface area contributed by atoms with E-state index in [0.717, 1.165) is 0 Å². The molecule has 0 radical (unpaired) electrons. The molecule has 106 valence electrons. The number of hydrogen-bond donors (Lipinski definition) is 2. The van der Waals surface area contributed by atoms with E-state index < -0.39 is 0 Å². The summed E-state index contributed by atoms with van der Waals surface area (Å²) in [6, 6.07) is 6.91. The molecule has 0 saturated heterocycles. The summed E-state index contributed by atoms with van der Waals surface area (Å²) in [5.41, 5.74) is 0.637. The normalized spacial score (nSPS) is 10.5. The van der Waals surface area contributed by atoms with Crippen LogP contribution >= 0.6 is 23.4 Å². The van der Waals surface area contributed by atoms with Gasteiger partial charge in [0, 0.05) is 10.7 Å². The molecule has 0 aliphatic rings. The highest BCUT2D eigenvalue weighted by Crippen LogP contribution is 2.17. The highest BCUT2D eigenvalue weighted by atomic mass is 35.5. The minimum absolute atomic E-state index is 0.0622. The van der Waals surface area contributed by atoms with Crippen molar-refractivity contribution >= 4 is 35.0 Å². The van der Waals surface area contributed by atoms with E-state index in [4.69, 9.17) is 16.7 Å². The van der Waals surface area contributed by atoms with Gasteiger partial charge in [0.15, 0.2) is 0 Å². The maximum Gasteiger partial charge on any atom is 0.234 e. The summed E-state index contributed by atoms with van der Waals surface area (Å²) in [4.78, 5) is 11.8. The summed E-state index contributed by atoms with van der Waals surface area (Å²) in [6.07, 6.45) is 0. The number of thioether (sulfide) groups is 1. The molecule has 1 amide bonds. The molecule has 7 nitrogen and oxygen atoms in total. The standard InChI is InChI=1S/C11H12ClN5O2S/c12-8-2-1-3-9(6-8)13-10(19)7-20-11-14-15-16-17(11)4-5-18/h1-3,6,18H,4-5,7H2,(H,13,19). The van der Waals surface area contributed by atoms with Crippen LogP contribution in [0.15, 0.2) is 29.4 Å². The smallest absolute Gasteiger partial charge is 0.234 e. The molecular weight excluding hydrogens is 302 g/mol. The van der Waals surface area contributed by atoms with Gasteiger partial charge in [0.05, 0.1) is 18.9 Å². The minimum atomic E-state index is -0.184. The van der Waals surface area contributed by atoms with Crippen molar-refractivity contribution in [1.29, 1.82) is 0 Å². The minimum Gasteiger partial charge on any atom is -0.394 e. The van der Waals surface area contributed by atoms with E-state index in [0.29, 0.717) is 22.4 Å². The molecule has 2 N–H and O–H groups in total. The Morgan fingerprint density at radius 3 is 3.10 bits per heavy atom. The van der Waals surface area contributed by atoms with Gasteiger partial charge in [-0.05, 0) is 28.6 Å². The molecule has 0 saturated carbocycles. The average Bonchev–Trinajstić information content (AvgIpc) is 2.84. The number of tetrazole rings is 1. The van der Waals surface area contributed by atoms with E-state index in [9.17, 15) is 4.79 Å². The molecule has 0 bridgehead atoms. The Morgan fingerprint density at radius 1 is 1.50 bits per heavy atom. The van der Waals surface area contributed by atoms with Crippen molar-refractivity contribution in [2.24, 2.45) is 0 Å². The van der Waals surface area contributed by atoms with Crippen LogP contribution in [-0.4, -0.2) is 43.6 Å². The number of aromatic nitrogens is 4. The van der Waals surface area contributed by atoms with Gasteiger partial charge in [0.1, 0.15) is 0 Å². The molecule has 2 rings (SSSR count). The Bertz CT molecular complexity index is 592. The van der Waals surface area contributed by atoms with E-state index >= 15 is 0 Å². The molecule has 0 unspecified atom stereocenters. The second-order valence-electron chi connectivity index (χ2n) is 3.76. The van der Waals surface area contributed by atoms with Gasteiger partial charge in [-0.15, -0.1) is 5.10 Å². The fourth-order valence-corrected chi connectivity index (χ4v) is 2.32. The second kappa shape index (κ2) is 7.22. The van der Waals surface area contributed by atoms with Crippen molar-refractivity contribution in [1.82, 2.24) is 20.2 Å². The van der Waals surface area contributed by atoms with Crippen LogP contribution in [0.1, 0.15) is 0 Å². The Kier molecular flexibility index (Phi) is 5.33. The number of hydrogen-bond acceptors (Lipinski definition) is 6. The highest BCUT2D eigenvalue weighted by molar-refractivity contribution is 7.99. The lowest BCUT2D eigenvalue weighted by atomic mass is 10.3. The molecule has 1 heterocycles. The lowest BCUT2D eigenvalue weighted by molar-refractivity contribution is -0.113. The Hall–Kier alpha value is -1.64. The van der Waals surface area contributed by atoms with Gasteiger partial charge in [-0.3, -0.25) is 4.79 Å². The first-order valence-corrected chi connectivity index (χ1v) is 7.10. The number of rotatable bonds is 6. The molecule has 1 aromatic heterocycles. The number of amides is 1. The van der Waals surface area contributed by atoms with Gasteiger partial charge in [0.2, 0.25) is 11.1 Å². The van der Waals surface area contributed by atoms with Crippen LogP contribution in [0.3, 0.4) is 0 Å². The van der Waals surface area contributed by atoms with E-state index in [1.54, 1.807) is 24.3 Å². The van der Waals surface area contributed by atoms with Crippen LogP contribution in [-0.2, 0) is 11.3 Å². The van der Waals surface area contributed by atoms with Crippen LogP contribution < -0.4 is 5.32 Å². The van der Waals surface area contributed by atoms with Gasteiger partial charge in [-0.1, -0.05) is 29.4 Å². The maximum atomic E-state index is 11.8. The third kappa shape index (κ3) is 4.19. The number of carbonyl (C=O) groups is 1. The summed E-state index contributed by atoms with van der Waals surface area (Å²) >= 11 is 7.03. The number of halogens is 1. The number of aliphatic hydroxyl groups excluding tert-OH is 1. The topological polar surface area (TPSA) is 92.9 Å². The Morgan fingerprint density at radius 2 is 2.35 bits per heavy atom. The zero-order valence-corrected chi connectivity index (χ0v) is 11.9. The molecule has 2 aromatic rings. The number of benzene rings is 1. The molecule has 0 atom stereocenters. The molecule has 0 spiro atoms. The zero-order chi connectivity index (χ0) is 14.4. The lowest BCUT2D eigenvalue weighted by Gasteiger charge is -2.05. The van der Waals surface area contributed by atoms with E-state index in [-0.39, 0.29) is 18.3 Å². The lowest BCUT2D eigenvalue weighted by Crippen LogP contribution is -2.15. The van der Waals surface area contributed by atoms with Gasteiger partial charge in [-0.2, -0.15) is 0 Å². The maximum absolute atomic E-state index is 11.8. The molecular formula is C11H12ClN5O2S. The third-order valence-electron chi connectivity index (χ3n) is 2.25. The summed E-state index contributed by atoms with van der Waals surface area (Å²) in [5, 5.41) is 23.6. The quantitative estimate of drug-likeness (QED) is 0.774. The van der Waals surface area contributed by atoms with E-state index in [1.165, 1.54) is 16.4 Å². The highest BCUT2D eigenvalue weighted by Gasteiger charge is 2.09. The van der Waals surface area contributed by atoms with E-state index in [1.807, 2.05) is 0 Å². The van der Waals surface area contributed by atoms with Crippen LogP contribution in [0.5, 0.6) is 0 Å². The Labute approximate surface area is 124 Å². The fourth-order valence-electron chi connectivity index (χ4n) is 1.43. The van der Waals surface area contributed by atoms with Crippen LogP contribution in [0, 0.1) is 0 Å². The van der Waals surface area contributed by atoms with Crippen LogP contribution in [0.25, 0.3) is 0 Å². The van der Waals surface area contributed by atoms with Crippen molar-refractivity contribution in [2.45, 2.75) is 11.7 Å². The van der Waals surface area contributed by atoms with E-state index in [2.05, 4.69) is 20.8 Å². The Balaban J connectivity index is 1.87.